The highest BCUT2D eigenvalue weighted by Crippen LogP contribution is 2.42. The van der Waals surface area contributed by atoms with Crippen molar-refractivity contribution in [2.75, 3.05) is 25.0 Å². The van der Waals surface area contributed by atoms with Crippen LogP contribution in [0.2, 0.25) is 0 Å². The SMILES string of the molecule is CCCCCCCCCCCCCCCC(=O)Nc1cccc(C2OC(CN3CCC(n4c(=O)[nH]c5ccccc54)CC3)C(C)C(c3ccc(CO)cc3)O2)c1. The number of fused-ring (bicyclic) bond motifs is 1. The number of piperidine rings is 1. The molecule has 0 saturated carbocycles. The van der Waals surface area contributed by atoms with Crippen LogP contribution >= 0.6 is 0 Å². The average Bonchev–Trinajstić information content (AvgIpc) is 3.56. The van der Waals surface area contributed by atoms with Crippen molar-refractivity contribution in [1.29, 1.82) is 0 Å². The summed E-state index contributed by atoms with van der Waals surface area (Å²) in [6.07, 6.45) is 18.0. The van der Waals surface area contributed by atoms with E-state index >= 15 is 0 Å². The maximum Gasteiger partial charge on any atom is 0.326 e. The standard InChI is InChI=1S/C47H66N4O5/c1-3-4-5-6-7-8-9-10-11-12-13-14-15-23-44(53)48-39-20-18-19-38(32-39)46-55-43(35(2)45(56-46)37-26-24-36(34-52)25-27-37)33-50-30-28-40(29-31-50)51-42-22-17-16-21-41(42)49-47(51)54/h16-22,24-27,32,35,40,43,45-46,52H,3-15,23,28-31,33-34H2,1-2H3,(H,48,53)(H,49,54). The summed E-state index contributed by atoms with van der Waals surface area (Å²) in [5.41, 5.74) is 5.34. The zero-order valence-electron chi connectivity index (χ0n) is 33.9. The van der Waals surface area contributed by atoms with Crippen LogP contribution in [-0.4, -0.2) is 51.2 Å². The largest absolute Gasteiger partial charge is 0.392 e. The number of anilines is 1. The van der Waals surface area contributed by atoms with Crippen LogP contribution < -0.4 is 11.0 Å². The van der Waals surface area contributed by atoms with Crippen LogP contribution in [0.5, 0.6) is 0 Å². The Balaban J connectivity index is 1.01. The molecule has 6 rings (SSSR count). The number of para-hydroxylation sites is 2. The topological polar surface area (TPSA) is 109 Å². The summed E-state index contributed by atoms with van der Waals surface area (Å²) in [7, 11) is 0. The highest BCUT2D eigenvalue weighted by Gasteiger charge is 2.40. The van der Waals surface area contributed by atoms with Gasteiger partial charge in [0.2, 0.25) is 5.91 Å². The molecule has 304 valence electrons. The highest BCUT2D eigenvalue weighted by molar-refractivity contribution is 5.90. The minimum absolute atomic E-state index is 0.00574. The molecule has 1 amide bonds. The van der Waals surface area contributed by atoms with Crippen LogP contribution in [0.3, 0.4) is 0 Å². The first-order valence-electron chi connectivity index (χ1n) is 21.8. The molecular formula is C47H66N4O5. The number of ether oxygens (including phenoxy) is 2. The number of nitrogens with zero attached hydrogens (tertiary/aromatic N) is 2. The number of H-pyrrole nitrogens is 1. The number of hydrogen-bond acceptors (Lipinski definition) is 6. The van der Waals surface area contributed by atoms with Gasteiger partial charge in [-0.15, -0.1) is 0 Å². The van der Waals surface area contributed by atoms with Crippen LogP contribution in [-0.2, 0) is 20.9 Å². The number of nitrogens with one attached hydrogen (secondary N) is 2. The number of aromatic nitrogens is 2. The molecule has 2 fully saturated rings. The Kier molecular flexibility index (Phi) is 16.2. The normalized spacial score (nSPS) is 20.8. The molecule has 4 atom stereocenters. The van der Waals surface area contributed by atoms with Crippen LogP contribution in [0.1, 0.15) is 152 Å². The van der Waals surface area contributed by atoms with Gasteiger partial charge in [-0.05, 0) is 54.7 Å². The van der Waals surface area contributed by atoms with Crippen LogP contribution in [0.15, 0.2) is 77.6 Å². The van der Waals surface area contributed by atoms with E-state index in [-0.39, 0.29) is 42.4 Å². The number of likely N-dealkylation sites (tertiary alicyclic amines) is 1. The lowest BCUT2D eigenvalue weighted by Gasteiger charge is -2.44. The minimum atomic E-state index is -0.612. The monoisotopic (exact) mass is 767 g/mol. The van der Waals surface area contributed by atoms with Crippen LogP contribution in [0, 0.1) is 5.92 Å². The Bertz CT molecular complexity index is 1830. The van der Waals surface area contributed by atoms with E-state index < -0.39 is 6.29 Å². The molecule has 9 nitrogen and oxygen atoms in total. The van der Waals surface area contributed by atoms with E-state index in [0.717, 1.165) is 78.7 Å². The Morgan fingerprint density at radius 2 is 1.46 bits per heavy atom. The van der Waals surface area contributed by atoms with Crippen molar-refractivity contribution in [3.05, 3.63) is 100.0 Å². The number of benzene rings is 3. The number of aromatic amines is 1. The maximum atomic E-state index is 13.0. The third kappa shape index (κ3) is 11.7. The molecule has 0 spiro atoms. The van der Waals surface area contributed by atoms with E-state index in [0.29, 0.717) is 6.42 Å². The van der Waals surface area contributed by atoms with Crippen LogP contribution in [0.25, 0.3) is 11.0 Å². The molecule has 3 heterocycles. The van der Waals surface area contributed by atoms with Gasteiger partial charge in [-0.3, -0.25) is 9.36 Å². The molecule has 3 N–H and O–H groups in total. The smallest absolute Gasteiger partial charge is 0.326 e. The van der Waals surface area contributed by atoms with E-state index in [9.17, 15) is 14.7 Å². The predicted molar refractivity (Wildman–Crippen MR) is 226 cm³/mol. The van der Waals surface area contributed by atoms with Crippen molar-refractivity contribution in [1.82, 2.24) is 14.5 Å². The van der Waals surface area contributed by atoms with Gasteiger partial charge in [0.1, 0.15) is 0 Å². The average molecular weight is 767 g/mol. The fourth-order valence-electron chi connectivity index (χ4n) is 8.67. The maximum absolute atomic E-state index is 13.0. The summed E-state index contributed by atoms with van der Waals surface area (Å²) in [5.74, 6) is 0.103. The summed E-state index contributed by atoms with van der Waals surface area (Å²) in [6, 6.07) is 23.9. The van der Waals surface area contributed by atoms with Crippen molar-refractivity contribution >= 4 is 22.6 Å². The fourth-order valence-corrected chi connectivity index (χ4v) is 8.67. The lowest BCUT2D eigenvalue weighted by atomic mass is 9.89. The highest BCUT2D eigenvalue weighted by atomic mass is 16.7. The number of aliphatic hydroxyl groups excluding tert-OH is 1. The fraction of sp³-hybridized carbons (Fsp3) is 0.574. The van der Waals surface area contributed by atoms with Gasteiger partial charge in [-0.2, -0.15) is 0 Å². The first-order valence-corrected chi connectivity index (χ1v) is 21.8. The van der Waals surface area contributed by atoms with E-state index in [2.05, 4.69) is 29.0 Å². The molecule has 3 aromatic carbocycles. The predicted octanol–water partition coefficient (Wildman–Crippen LogP) is 10.4. The molecule has 4 unspecified atom stereocenters. The van der Waals surface area contributed by atoms with Crippen LogP contribution in [0.4, 0.5) is 5.69 Å². The summed E-state index contributed by atoms with van der Waals surface area (Å²) in [5, 5.41) is 12.8. The first-order chi connectivity index (χ1) is 27.4. The Morgan fingerprint density at radius 3 is 2.14 bits per heavy atom. The van der Waals surface area contributed by atoms with Crippen molar-refractivity contribution in [3.63, 3.8) is 0 Å². The Hall–Kier alpha value is -3.76. The summed E-state index contributed by atoms with van der Waals surface area (Å²) < 4.78 is 15.5. The molecule has 2 saturated heterocycles. The first kappa shape index (κ1) is 41.9. The number of hydrogen-bond donors (Lipinski definition) is 3. The van der Waals surface area contributed by atoms with Gasteiger partial charge in [-0.25, -0.2) is 4.79 Å². The van der Waals surface area contributed by atoms with Gasteiger partial charge in [0, 0.05) is 49.3 Å². The molecule has 4 aromatic rings. The summed E-state index contributed by atoms with van der Waals surface area (Å²) >= 11 is 0. The Labute approximate surface area is 334 Å². The van der Waals surface area contributed by atoms with Gasteiger partial charge < -0.3 is 29.8 Å². The molecule has 2 aliphatic rings. The van der Waals surface area contributed by atoms with Crippen molar-refractivity contribution in [2.24, 2.45) is 5.92 Å². The van der Waals surface area contributed by atoms with E-state index in [1.807, 2.05) is 77.4 Å². The van der Waals surface area contributed by atoms with Gasteiger partial charge in [0.25, 0.3) is 0 Å². The van der Waals surface area contributed by atoms with E-state index in [4.69, 9.17) is 9.47 Å². The number of carbonyl (C=O) groups is 1. The second-order valence-electron chi connectivity index (χ2n) is 16.3. The van der Waals surface area contributed by atoms with E-state index in [1.54, 1.807) is 0 Å². The lowest BCUT2D eigenvalue weighted by Crippen LogP contribution is -2.47. The number of unbranched alkanes of at least 4 members (excludes halogenated alkanes) is 12. The summed E-state index contributed by atoms with van der Waals surface area (Å²) in [4.78, 5) is 31.4. The third-order valence-corrected chi connectivity index (χ3v) is 12.1. The zero-order chi connectivity index (χ0) is 39.1. The molecule has 1 aromatic heterocycles. The van der Waals surface area contributed by atoms with Gasteiger partial charge in [0.05, 0.1) is 29.8 Å². The second-order valence-corrected chi connectivity index (χ2v) is 16.3. The van der Waals surface area contributed by atoms with Gasteiger partial charge in [0.15, 0.2) is 6.29 Å². The van der Waals surface area contributed by atoms with Gasteiger partial charge in [-0.1, -0.05) is 139 Å². The van der Waals surface area contributed by atoms with Gasteiger partial charge >= 0.3 is 5.69 Å². The number of aliphatic hydroxyl groups is 1. The lowest BCUT2D eigenvalue weighted by molar-refractivity contribution is -0.276. The number of carbonyl (C=O) groups excluding carboxylic acids is 1. The number of rotatable bonds is 21. The number of amides is 1. The quantitative estimate of drug-likeness (QED) is 0.0729. The van der Waals surface area contributed by atoms with Crippen molar-refractivity contribution < 1.29 is 19.4 Å². The molecule has 9 heteroatoms. The molecular weight excluding hydrogens is 701 g/mol. The zero-order valence-corrected chi connectivity index (χ0v) is 33.9. The molecule has 0 aliphatic carbocycles. The molecule has 0 bridgehead atoms. The number of imidazole rings is 1. The molecule has 0 radical (unpaired) electrons. The van der Waals surface area contributed by atoms with Crippen molar-refractivity contribution in [3.8, 4) is 0 Å². The second kappa shape index (κ2) is 21.7. The Morgan fingerprint density at radius 1 is 0.804 bits per heavy atom. The van der Waals surface area contributed by atoms with Crippen molar-refractivity contribution in [2.45, 2.75) is 148 Å². The molecule has 2 aliphatic heterocycles. The van der Waals surface area contributed by atoms with E-state index in [1.165, 1.54) is 70.6 Å². The minimum Gasteiger partial charge on any atom is -0.392 e. The third-order valence-electron chi connectivity index (χ3n) is 12.1. The molecule has 56 heavy (non-hydrogen) atoms. The summed E-state index contributed by atoms with van der Waals surface area (Å²) in [6.45, 7) is 6.94.